The van der Waals surface area contributed by atoms with Gasteiger partial charge in [-0.2, -0.15) is 0 Å². The van der Waals surface area contributed by atoms with E-state index in [1.54, 1.807) is 12.1 Å². The summed E-state index contributed by atoms with van der Waals surface area (Å²) in [6.07, 6.45) is -0.314. The Morgan fingerprint density at radius 1 is 0.889 bits per heavy atom. The van der Waals surface area contributed by atoms with Crippen molar-refractivity contribution in [2.45, 2.75) is 6.29 Å². The molecule has 0 N–H and O–H groups in total. The maximum Gasteiger partial charge on any atom is 0.184 e. The van der Waals surface area contributed by atoms with Crippen molar-refractivity contribution in [2.75, 3.05) is 13.2 Å². The minimum atomic E-state index is -0.314. The second kappa shape index (κ2) is 4.88. The van der Waals surface area contributed by atoms with Crippen LogP contribution in [0.5, 0.6) is 0 Å². The van der Waals surface area contributed by atoms with Crippen LogP contribution in [-0.2, 0) is 9.47 Å². The lowest BCUT2D eigenvalue weighted by molar-refractivity contribution is -0.0436. The Kier molecular flexibility index (Phi) is 3.09. The summed E-state index contributed by atoms with van der Waals surface area (Å²) in [6, 6.07) is 14.3. The Morgan fingerprint density at radius 3 is 2.28 bits per heavy atom. The zero-order valence-electron chi connectivity index (χ0n) is 9.80. The standard InChI is InChI=1S/C15H13FO2/c16-12-7-5-11(6-8-12)13-3-1-2-4-14(13)15-17-9-10-18-15/h1-8,15H,9-10H2. The van der Waals surface area contributed by atoms with Crippen molar-refractivity contribution in [2.24, 2.45) is 0 Å². The van der Waals surface area contributed by atoms with Crippen LogP contribution in [0.25, 0.3) is 11.1 Å². The molecule has 0 aliphatic carbocycles. The molecule has 2 aromatic rings. The van der Waals surface area contributed by atoms with E-state index >= 15 is 0 Å². The van der Waals surface area contributed by atoms with E-state index in [9.17, 15) is 4.39 Å². The fourth-order valence-electron chi connectivity index (χ4n) is 2.13. The molecule has 0 spiro atoms. The van der Waals surface area contributed by atoms with E-state index in [2.05, 4.69) is 0 Å². The van der Waals surface area contributed by atoms with Gasteiger partial charge in [0.05, 0.1) is 13.2 Å². The first kappa shape index (κ1) is 11.4. The summed E-state index contributed by atoms with van der Waals surface area (Å²) < 4.78 is 24.0. The maximum absolute atomic E-state index is 13.0. The minimum absolute atomic E-state index is 0.232. The van der Waals surface area contributed by atoms with Gasteiger partial charge in [-0.3, -0.25) is 0 Å². The van der Waals surface area contributed by atoms with Crippen molar-refractivity contribution in [1.82, 2.24) is 0 Å². The summed E-state index contributed by atoms with van der Waals surface area (Å²) in [5.74, 6) is -0.232. The fourth-order valence-corrected chi connectivity index (χ4v) is 2.13. The lowest BCUT2D eigenvalue weighted by atomic mass is 9.99. The Hall–Kier alpha value is -1.71. The molecule has 0 atom stereocenters. The molecule has 3 heteroatoms. The maximum atomic E-state index is 13.0. The smallest absolute Gasteiger partial charge is 0.184 e. The van der Waals surface area contributed by atoms with Crippen LogP contribution in [0.1, 0.15) is 11.9 Å². The van der Waals surface area contributed by atoms with Crippen molar-refractivity contribution in [1.29, 1.82) is 0 Å². The molecule has 2 nitrogen and oxygen atoms in total. The number of hydrogen-bond donors (Lipinski definition) is 0. The Morgan fingerprint density at radius 2 is 1.56 bits per heavy atom. The predicted molar refractivity (Wildman–Crippen MR) is 66.5 cm³/mol. The molecule has 1 aliphatic heterocycles. The molecule has 0 radical (unpaired) electrons. The van der Waals surface area contributed by atoms with Crippen LogP contribution in [0.4, 0.5) is 4.39 Å². The summed E-state index contributed by atoms with van der Waals surface area (Å²) in [7, 11) is 0. The predicted octanol–water partition coefficient (Wildman–Crippen LogP) is 3.54. The normalized spacial score (nSPS) is 16.1. The molecule has 18 heavy (non-hydrogen) atoms. The van der Waals surface area contributed by atoms with Crippen LogP contribution < -0.4 is 0 Å². The second-order valence-corrected chi connectivity index (χ2v) is 4.17. The highest BCUT2D eigenvalue weighted by molar-refractivity contribution is 5.67. The summed E-state index contributed by atoms with van der Waals surface area (Å²) in [6.45, 7) is 1.23. The van der Waals surface area contributed by atoms with E-state index in [0.717, 1.165) is 16.7 Å². The first-order valence-corrected chi connectivity index (χ1v) is 5.93. The van der Waals surface area contributed by atoms with Gasteiger partial charge in [0.15, 0.2) is 6.29 Å². The first-order chi connectivity index (χ1) is 8.84. The van der Waals surface area contributed by atoms with Crippen molar-refractivity contribution >= 4 is 0 Å². The molecule has 92 valence electrons. The fraction of sp³-hybridized carbons (Fsp3) is 0.200. The van der Waals surface area contributed by atoms with Crippen molar-refractivity contribution in [3.8, 4) is 11.1 Å². The summed E-state index contributed by atoms with van der Waals surface area (Å²) in [5.41, 5.74) is 2.97. The summed E-state index contributed by atoms with van der Waals surface area (Å²) in [5, 5.41) is 0. The van der Waals surface area contributed by atoms with Gasteiger partial charge < -0.3 is 9.47 Å². The van der Waals surface area contributed by atoms with Gasteiger partial charge in [-0.1, -0.05) is 36.4 Å². The number of hydrogen-bond acceptors (Lipinski definition) is 2. The monoisotopic (exact) mass is 244 g/mol. The zero-order valence-corrected chi connectivity index (χ0v) is 9.80. The zero-order chi connectivity index (χ0) is 12.4. The Balaban J connectivity index is 2.03. The number of halogens is 1. The largest absolute Gasteiger partial charge is 0.346 e. The van der Waals surface area contributed by atoms with Crippen LogP contribution in [0.15, 0.2) is 48.5 Å². The minimum Gasteiger partial charge on any atom is -0.346 e. The van der Waals surface area contributed by atoms with E-state index in [1.165, 1.54) is 12.1 Å². The highest BCUT2D eigenvalue weighted by atomic mass is 19.1. The van der Waals surface area contributed by atoms with Gasteiger partial charge in [0.25, 0.3) is 0 Å². The lowest BCUT2D eigenvalue weighted by Gasteiger charge is -2.14. The van der Waals surface area contributed by atoms with Crippen LogP contribution in [0.2, 0.25) is 0 Å². The quantitative estimate of drug-likeness (QED) is 0.804. The molecule has 3 rings (SSSR count). The van der Waals surface area contributed by atoms with Gasteiger partial charge in [-0.15, -0.1) is 0 Å². The summed E-state index contributed by atoms with van der Waals surface area (Å²) >= 11 is 0. The molecule has 1 fully saturated rings. The van der Waals surface area contributed by atoms with Crippen molar-refractivity contribution < 1.29 is 13.9 Å². The molecule has 0 amide bonds. The van der Waals surface area contributed by atoms with Crippen LogP contribution in [-0.4, -0.2) is 13.2 Å². The topological polar surface area (TPSA) is 18.5 Å². The average molecular weight is 244 g/mol. The molecule has 0 unspecified atom stereocenters. The third-order valence-corrected chi connectivity index (χ3v) is 2.99. The molecule has 1 heterocycles. The molecular weight excluding hydrogens is 231 g/mol. The van der Waals surface area contributed by atoms with Gasteiger partial charge in [-0.25, -0.2) is 4.39 Å². The molecule has 0 bridgehead atoms. The van der Waals surface area contributed by atoms with Gasteiger partial charge in [0.1, 0.15) is 5.82 Å². The van der Waals surface area contributed by atoms with E-state index in [-0.39, 0.29) is 12.1 Å². The van der Waals surface area contributed by atoms with Crippen molar-refractivity contribution in [3.63, 3.8) is 0 Å². The molecule has 1 saturated heterocycles. The molecular formula is C15H13FO2. The second-order valence-electron chi connectivity index (χ2n) is 4.17. The van der Waals surface area contributed by atoms with Crippen LogP contribution in [0.3, 0.4) is 0 Å². The Labute approximate surface area is 105 Å². The van der Waals surface area contributed by atoms with Gasteiger partial charge in [-0.05, 0) is 23.3 Å². The molecule has 0 aromatic heterocycles. The molecule has 1 aliphatic rings. The average Bonchev–Trinajstić information content (AvgIpc) is 2.93. The highest BCUT2D eigenvalue weighted by Crippen LogP contribution is 2.32. The molecule has 0 saturated carbocycles. The van der Waals surface area contributed by atoms with E-state index in [1.807, 2.05) is 24.3 Å². The lowest BCUT2D eigenvalue weighted by Crippen LogP contribution is -2.00. The van der Waals surface area contributed by atoms with Gasteiger partial charge in [0, 0.05) is 5.56 Å². The summed E-state index contributed by atoms with van der Waals surface area (Å²) in [4.78, 5) is 0. The Bertz CT molecular complexity index is 530. The van der Waals surface area contributed by atoms with E-state index < -0.39 is 0 Å². The first-order valence-electron chi connectivity index (χ1n) is 5.93. The van der Waals surface area contributed by atoms with Crippen LogP contribution in [0, 0.1) is 5.82 Å². The van der Waals surface area contributed by atoms with Crippen molar-refractivity contribution in [3.05, 3.63) is 59.9 Å². The number of benzene rings is 2. The third-order valence-electron chi connectivity index (χ3n) is 2.99. The number of rotatable bonds is 2. The SMILES string of the molecule is Fc1ccc(-c2ccccc2C2OCCO2)cc1. The van der Waals surface area contributed by atoms with E-state index in [4.69, 9.17) is 9.47 Å². The van der Waals surface area contributed by atoms with Gasteiger partial charge >= 0.3 is 0 Å². The number of ether oxygens (including phenoxy) is 2. The molecule has 2 aromatic carbocycles. The third kappa shape index (κ3) is 2.15. The van der Waals surface area contributed by atoms with Gasteiger partial charge in [0.2, 0.25) is 0 Å². The highest BCUT2D eigenvalue weighted by Gasteiger charge is 2.21. The van der Waals surface area contributed by atoms with E-state index in [0.29, 0.717) is 13.2 Å². The van der Waals surface area contributed by atoms with Crippen LogP contribution >= 0.6 is 0 Å².